The van der Waals surface area contributed by atoms with Gasteiger partial charge in [0, 0.05) is 54.8 Å². The van der Waals surface area contributed by atoms with E-state index in [2.05, 4.69) is 19.6 Å². The lowest BCUT2D eigenvalue weighted by Gasteiger charge is -2.41. The minimum Gasteiger partial charge on any atom is -0.458 e. The molecule has 2 aromatic heterocycles. The van der Waals surface area contributed by atoms with E-state index >= 15 is 0 Å². The van der Waals surface area contributed by atoms with Crippen molar-refractivity contribution in [2.75, 3.05) is 55.8 Å². The summed E-state index contributed by atoms with van der Waals surface area (Å²) in [7, 11) is 0. The van der Waals surface area contributed by atoms with Crippen molar-refractivity contribution in [1.29, 1.82) is 0 Å². The maximum absolute atomic E-state index is 12.8. The fourth-order valence-electron chi connectivity index (χ4n) is 5.88. The number of piperazine rings is 1. The molecule has 44 heavy (non-hydrogen) atoms. The number of nitrogens with zero attached hydrogens (tertiary/aromatic N) is 7. The molecular weight excluding hydrogens is 585 g/mol. The van der Waals surface area contributed by atoms with Crippen molar-refractivity contribution in [2.45, 2.75) is 51.0 Å². The van der Waals surface area contributed by atoms with E-state index in [0.29, 0.717) is 56.9 Å². The Bertz CT molecular complexity index is 1590. The summed E-state index contributed by atoms with van der Waals surface area (Å²) in [5, 5.41) is 2.59. The first-order chi connectivity index (χ1) is 21.4. The van der Waals surface area contributed by atoms with Gasteiger partial charge in [0.2, 0.25) is 12.5 Å². The lowest BCUT2D eigenvalue weighted by molar-refractivity contribution is -0.128. The largest absolute Gasteiger partial charge is 0.458 e. The predicted octanol–water partition coefficient (Wildman–Crippen LogP) is 4.65. The molecule has 3 aliphatic rings. The average Bonchev–Trinajstić information content (AvgIpc) is 3.87. The number of pyridine rings is 1. The van der Waals surface area contributed by atoms with Gasteiger partial charge in [-0.1, -0.05) is 23.7 Å². The third kappa shape index (κ3) is 6.56. The molecule has 1 amide bonds. The van der Waals surface area contributed by atoms with Crippen LogP contribution in [0.25, 0.3) is 15.6 Å². The molecule has 1 saturated carbocycles. The van der Waals surface area contributed by atoms with Crippen LogP contribution in [0.5, 0.6) is 6.01 Å². The Labute approximate surface area is 261 Å². The van der Waals surface area contributed by atoms with E-state index in [4.69, 9.17) is 37.6 Å². The Kier molecular flexibility index (Phi) is 9.09. The van der Waals surface area contributed by atoms with Gasteiger partial charge >= 0.3 is 6.01 Å². The number of carbonyl (C=O) groups is 1. The van der Waals surface area contributed by atoms with Crippen LogP contribution in [0.15, 0.2) is 42.7 Å². The van der Waals surface area contributed by atoms with E-state index in [-0.39, 0.29) is 30.6 Å². The van der Waals surface area contributed by atoms with Crippen LogP contribution < -0.4 is 14.5 Å². The molecule has 12 heteroatoms. The summed E-state index contributed by atoms with van der Waals surface area (Å²) >= 11 is 6.66. The molecule has 4 heterocycles. The number of hydrogen-bond donors (Lipinski definition) is 0. The van der Waals surface area contributed by atoms with Crippen molar-refractivity contribution in [2.24, 2.45) is 0 Å². The number of ether oxygens (including phenoxy) is 2. The molecule has 0 bridgehead atoms. The molecule has 0 unspecified atom stereocenters. The summed E-state index contributed by atoms with van der Waals surface area (Å²) in [4.78, 5) is 36.7. The molecule has 10 nitrogen and oxygen atoms in total. The van der Waals surface area contributed by atoms with E-state index in [1.807, 2.05) is 37.5 Å². The number of amides is 1. The number of aromatic nitrogens is 3. The Balaban J connectivity index is 1.31. The van der Waals surface area contributed by atoms with Crippen LogP contribution in [0, 0.1) is 6.57 Å². The van der Waals surface area contributed by atoms with Gasteiger partial charge in [0.25, 0.3) is 0 Å². The Morgan fingerprint density at radius 1 is 1.23 bits per heavy atom. The molecule has 2 fully saturated rings. The van der Waals surface area contributed by atoms with Gasteiger partial charge < -0.3 is 29.0 Å². The van der Waals surface area contributed by atoms with E-state index < -0.39 is 6.67 Å². The maximum atomic E-state index is 12.8. The third-order valence-electron chi connectivity index (χ3n) is 8.19. The highest BCUT2D eigenvalue weighted by Crippen LogP contribution is 2.37. The van der Waals surface area contributed by atoms with Crippen molar-refractivity contribution >= 4 is 39.8 Å². The molecular formula is C32H35ClFN7O3. The highest BCUT2D eigenvalue weighted by Gasteiger charge is 2.35. The van der Waals surface area contributed by atoms with Crippen molar-refractivity contribution < 1.29 is 18.7 Å². The molecule has 2 aliphatic heterocycles. The predicted molar refractivity (Wildman–Crippen MR) is 167 cm³/mol. The molecule has 1 saturated heterocycles. The van der Waals surface area contributed by atoms with E-state index in [0.717, 1.165) is 46.4 Å². The SMILES string of the molecule is [C-]#[N+]C[C@H]1CN(c2nc(O[C@H](C)COC3CC3)nc3c2CCN(c2cncc4cccc(Cl)c24)C3)CCN1C(=O)/C=C/CF. The van der Waals surface area contributed by atoms with E-state index in [1.165, 1.54) is 12.2 Å². The van der Waals surface area contributed by atoms with Gasteiger partial charge in [0.15, 0.2) is 0 Å². The minimum absolute atomic E-state index is 0.139. The number of halogens is 2. The second-order valence-corrected chi connectivity index (χ2v) is 11.8. The zero-order valence-electron chi connectivity index (χ0n) is 24.7. The van der Waals surface area contributed by atoms with Crippen molar-refractivity contribution in [1.82, 2.24) is 19.9 Å². The second kappa shape index (κ2) is 13.3. The van der Waals surface area contributed by atoms with Gasteiger partial charge in [-0.25, -0.2) is 11.0 Å². The lowest BCUT2D eigenvalue weighted by Crippen LogP contribution is -2.56. The van der Waals surface area contributed by atoms with Gasteiger partial charge in [-0.3, -0.25) is 9.78 Å². The molecule has 2 atom stereocenters. The quantitative estimate of drug-likeness (QED) is 0.239. The van der Waals surface area contributed by atoms with E-state index in [1.54, 1.807) is 4.90 Å². The first-order valence-corrected chi connectivity index (χ1v) is 15.4. The number of alkyl halides is 1. The molecule has 0 N–H and O–H groups in total. The summed E-state index contributed by atoms with van der Waals surface area (Å²) in [6.45, 7) is 11.9. The Hall–Kier alpha value is -4.01. The van der Waals surface area contributed by atoms with Crippen LogP contribution in [-0.4, -0.2) is 90.0 Å². The van der Waals surface area contributed by atoms with Crippen molar-refractivity contribution in [3.05, 3.63) is 70.4 Å². The third-order valence-corrected chi connectivity index (χ3v) is 8.51. The van der Waals surface area contributed by atoms with Crippen molar-refractivity contribution in [3.63, 3.8) is 0 Å². The van der Waals surface area contributed by atoms with Gasteiger partial charge in [0.1, 0.15) is 24.6 Å². The monoisotopic (exact) mass is 619 g/mol. The molecule has 0 spiro atoms. The lowest BCUT2D eigenvalue weighted by atomic mass is 10.0. The molecule has 3 aromatic rings. The number of carbonyl (C=O) groups excluding carboxylic acids is 1. The topological polar surface area (TPSA) is 88.3 Å². The van der Waals surface area contributed by atoms with Crippen LogP contribution in [0.2, 0.25) is 5.02 Å². The molecule has 1 aromatic carbocycles. The first-order valence-electron chi connectivity index (χ1n) is 15.0. The van der Waals surface area contributed by atoms with E-state index in [9.17, 15) is 9.18 Å². The zero-order valence-corrected chi connectivity index (χ0v) is 25.4. The van der Waals surface area contributed by atoms with Crippen LogP contribution in [0.4, 0.5) is 15.9 Å². The summed E-state index contributed by atoms with van der Waals surface area (Å²) in [5.41, 5.74) is 2.81. The number of hydrogen-bond acceptors (Lipinski definition) is 8. The summed E-state index contributed by atoms with van der Waals surface area (Å²) in [6, 6.07) is 5.73. The van der Waals surface area contributed by atoms with Gasteiger partial charge in [0.05, 0.1) is 41.9 Å². The average molecular weight is 620 g/mol. The first kappa shape index (κ1) is 30.0. The van der Waals surface area contributed by atoms with Crippen LogP contribution in [0.3, 0.4) is 0 Å². The molecule has 6 rings (SSSR count). The number of fused-ring (bicyclic) bond motifs is 2. The Morgan fingerprint density at radius 3 is 2.89 bits per heavy atom. The fraction of sp³-hybridized carbons (Fsp3) is 0.469. The summed E-state index contributed by atoms with van der Waals surface area (Å²) < 4.78 is 24.8. The Morgan fingerprint density at radius 2 is 2.09 bits per heavy atom. The summed E-state index contributed by atoms with van der Waals surface area (Å²) in [5.74, 6) is 0.475. The molecule has 1 aliphatic carbocycles. The number of benzene rings is 1. The number of anilines is 2. The van der Waals surface area contributed by atoms with Crippen LogP contribution >= 0.6 is 11.6 Å². The van der Waals surface area contributed by atoms with Crippen molar-refractivity contribution in [3.8, 4) is 6.01 Å². The summed E-state index contributed by atoms with van der Waals surface area (Å²) in [6.07, 6.45) is 9.03. The normalized spacial score (nSPS) is 19.2. The smallest absolute Gasteiger partial charge is 0.319 e. The second-order valence-electron chi connectivity index (χ2n) is 11.4. The number of allylic oxidation sites excluding steroid dienone is 1. The zero-order chi connectivity index (χ0) is 30.6. The van der Waals surface area contributed by atoms with Crippen LogP contribution in [0.1, 0.15) is 31.0 Å². The van der Waals surface area contributed by atoms with Crippen LogP contribution in [-0.2, 0) is 22.5 Å². The molecule has 230 valence electrons. The maximum Gasteiger partial charge on any atom is 0.319 e. The highest BCUT2D eigenvalue weighted by molar-refractivity contribution is 6.36. The number of rotatable bonds is 10. The van der Waals surface area contributed by atoms with Gasteiger partial charge in [-0.2, -0.15) is 9.97 Å². The fourth-order valence-corrected chi connectivity index (χ4v) is 6.16. The van der Waals surface area contributed by atoms with Gasteiger partial charge in [-0.15, -0.1) is 0 Å². The van der Waals surface area contributed by atoms with Gasteiger partial charge in [-0.05, 0) is 38.3 Å². The highest BCUT2D eigenvalue weighted by atomic mass is 35.5. The standard InChI is InChI=1S/C32H35ClFN7O3/c1-21(20-43-24-8-9-24)44-32-37-27-19-39(28-17-36-15-22-5-3-6-26(33)30(22)28)12-10-25(27)31(38-32)40-13-14-41(23(18-40)16-35-2)29(42)7-4-11-34/h3-7,15,17,21,23-24H,8-14,16,18-20H2,1H3/b7-4+/t21-,23+/m1/s1. The minimum atomic E-state index is -0.711. The molecule has 0 radical (unpaired) electrons.